The van der Waals surface area contributed by atoms with E-state index in [0.29, 0.717) is 0 Å². The van der Waals surface area contributed by atoms with E-state index in [2.05, 4.69) is 0 Å². The van der Waals surface area contributed by atoms with Crippen LogP contribution in [0.5, 0.6) is 0 Å². The highest BCUT2D eigenvalue weighted by Gasteiger charge is 2.47. The number of hydrogen-bond donors (Lipinski definition) is 6. The van der Waals surface area contributed by atoms with E-state index in [1.807, 2.05) is 0 Å². The molecule has 0 spiro atoms. The van der Waals surface area contributed by atoms with Crippen LogP contribution in [0.3, 0.4) is 0 Å². The van der Waals surface area contributed by atoms with Crippen molar-refractivity contribution in [3.63, 3.8) is 0 Å². The second-order valence-corrected chi connectivity index (χ2v) is 2.94. The lowest BCUT2D eigenvalue weighted by atomic mass is 9.85. The molecule has 0 aromatic carbocycles. The van der Waals surface area contributed by atoms with Gasteiger partial charge in [-0.3, -0.25) is 0 Å². The summed E-state index contributed by atoms with van der Waals surface area (Å²) < 4.78 is 0. The maximum atomic E-state index is 8.97. The first kappa shape index (κ1) is 13.1. The first-order valence-electron chi connectivity index (χ1n) is 3.55. The molecule has 1 aliphatic rings. The van der Waals surface area contributed by atoms with E-state index in [-0.39, 0.29) is 12.4 Å². The molecule has 1 aliphatic carbocycles. The molecule has 7 heteroatoms. The van der Waals surface area contributed by atoms with Crippen molar-refractivity contribution in [2.75, 3.05) is 0 Å². The predicted molar refractivity (Wildman–Crippen MR) is 43.3 cm³/mol. The van der Waals surface area contributed by atoms with Gasteiger partial charge in [0.2, 0.25) is 0 Å². The Hall–Kier alpha value is 0.0500. The molecule has 6 nitrogen and oxygen atoms in total. The molecule has 0 saturated heterocycles. The van der Waals surface area contributed by atoms with Gasteiger partial charge in [0.15, 0.2) is 0 Å². The lowest BCUT2D eigenvalue weighted by molar-refractivity contribution is -0.223. The standard InChI is InChI=1S/C6H12O6.ClH/c7-1-2(8)4(10)6(12)5(11)3(1)9;/h1-12H;1H. The summed E-state index contributed by atoms with van der Waals surface area (Å²) in [4.78, 5) is 0. The molecule has 1 rings (SSSR count). The third kappa shape index (κ3) is 2.10. The molecule has 0 heterocycles. The number of aliphatic hydroxyl groups excluding tert-OH is 6. The molecule has 0 aliphatic heterocycles. The first-order chi connectivity index (χ1) is 5.46. The Morgan fingerprint density at radius 2 is 0.462 bits per heavy atom. The van der Waals surface area contributed by atoms with Gasteiger partial charge in [-0.1, -0.05) is 0 Å². The second kappa shape index (κ2) is 4.52. The molecule has 0 unspecified atom stereocenters. The molecule has 6 N–H and O–H groups in total. The van der Waals surface area contributed by atoms with Gasteiger partial charge in [0, 0.05) is 0 Å². The van der Waals surface area contributed by atoms with Crippen LogP contribution in [0.2, 0.25) is 0 Å². The van der Waals surface area contributed by atoms with Gasteiger partial charge >= 0.3 is 0 Å². The molecule has 0 bridgehead atoms. The number of aliphatic hydroxyl groups is 6. The van der Waals surface area contributed by atoms with Crippen molar-refractivity contribution in [1.29, 1.82) is 0 Å². The second-order valence-electron chi connectivity index (χ2n) is 2.94. The van der Waals surface area contributed by atoms with Crippen molar-refractivity contribution in [2.45, 2.75) is 36.6 Å². The number of hydrogen-bond acceptors (Lipinski definition) is 6. The topological polar surface area (TPSA) is 121 Å². The summed E-state index contributed by atoms with van der Waals surface area (Å²) in [6, 6.07) is 0. The summed E-state index contributed by atoms with van der Waals surface area (Å²) in [5.41, 5.74) is 0. The summed E-state index contributed by atoms with van der Waals surface area (Å²) in [5.74, 6) is 0. The van der Waals surface area contributed by atoms with Gasteiger partial charge in [0.05, 0.1) is 0 Å². The zero-order valence-corrected chi connectivity index (χ0v) is 7.37. The van der Waals surface area contributed by atoms with Crippen LogP contribution in [0, 0.1) is 0 Å². The minimum atomic E-state index is -1.64. The molecule has 13 heavy (non-hydrogen) atoms. The largest absolute Gasteiger partial charge is 0.387 e. The van der Waals surface area contributed by atoms with Gasteiger partial charge in [0.1, 0.15) is 36.6 Å². The molecule has 1 fully saturated rings. The minimum Gasteiger partial charge on any atom is -0.387 e. The summed E-state index contributed by atoms with van der Waals surface area (Å²) >= 11 is 0. The van der Waals surface area contributed by atoms with Crippen LogP contribution in [-0.2, 0) is 0 Å². The number of halogens is 1. The van der Waals surface area contributed by atoms with Crippen LogP contribution in [0.15, 0.2) is 0 Å². The lowest BCUT2D eigenvalue weighted by Gasteiger charge is -2.39. The highest BCUT2D eigenvalue weighted by atomic mass is 35.5. The Morgan fingerprint density at radius 3 is 0.538 bits per heavy atom. The van der Waals surface area contributed by atoms with Gasteiger partial charge in [-0.25, -0.2) is 0 Å². The van der Waals surface area contributed by atoms with Crippen molar-refractivity contribution < 1.29 is 30.6 Å². The maximum Gasteiger partial charge on any atom is 0.111 e. The highest BCUT2D eigenvalue weighted by molar-refractivity contribution is 5.85. The normalized spacial score (nSPS) is 51.2. The van der Waals surface area contributed by atoms with Crippen molar-refractivity contribution in [2.24, 2.45) is 0 Å². The molecule has 80 valence electrons. The Balaban J connectivity index is 0.00000144. The maximum absolute atomic E-state index is 8.97. The van der Waals surface area contributed by atoms with E-state index in [1.165, 1.54) is 0 Å². The van der Waals surface area contributed by atoms with Crippen molar-refractivity contribution >= 4 is 12.4 Å². The summed E-state index contributed by atoms with van der Waals surface area (Å²) in [5, 5.41) is 53.8. The fourth-order valence-electron chi connectivity index (χ4n) is 1.21. The SMILES string of the molecule is Cl.OC1C(O)C(O)C(O)C(O)C1O. The van der Waals surface area contributed by atoms with Crippen LogP contribution in [0.1, 0.15) is 0 Å². The van der Waals surface area contributed by atoms with Crippen molar-refractivity contribution in [3.8, 4) is 0 Å². The number of rotatable bonds is 0. The fourth-order valence-corrected chi connectivity index (χ4v) is 1.21. The summed E-state index contributed by atoms with van der Waals surface area (Å²) in [7, 11) is 0. The molecule has 0 aromatic heterocycles. The average molecular weight is 217 g/mol. The van der Waals surface area contributed by atoms with E-state index < -0.39 is 36.6 Å². The summed E-state index contributed by atoms with van der Waals surface area (Å²) in [6.45, 7) is 0. The van der Waals surface area contributed by atoms with Gasteiger partial charge in [0.25, 0.3) is 0 Å². The van der Waals surface area contributed by atoms with Crippen LogP contribution in [0.4, 0.5) is 0 Å². The van der Waals surface area contributed by atoms with Crippen LogP contribution < -0.4 is 0 Å². The van der Waals surface area contributed by atoms with Gasteiger partial charge in [-0.15, -0.1) is 12.4 Å². The lowest BCUT2D eigenvalue weighted by Crippen LogP contribution is -2.63. The molecule has 0 radical (unpaired) electrons. The zero-order valence-electron chi connectivity index (χ0n) is 6.56. The molecule has 0 amide bonds. The third-order valence-corrected chi connectivity index (χ3v) is 2.10. The fraction of sp³-hybridized carbons (Fsp3) is 1.00. The quantitative estimate of drug-likeness (QED) is 0.251. The van der Waals surface area contributed by atoms with E-state index >= 15 is 0 Å². The van der Waals surface area contributed by atoms with E-state index in [1.54, 1.807) is 0 Å². The third-order valence-electron chi connectivity index (χ3n) is 2.10. The molecule has 0 aromatic rings. The highest BCUT2D eigenvalue weighted by Crippen LogP contribution is 2.20. The Bertz CT molecular complexity index is 109. The Labute approximate surface area is 80.5 Å². The predicted octanol–water partition coefficient (Wildman–Crippen LogP) is -3.41. The Morgan fingerprint density at radius 1 is 0.385 bits per heavy atom. The van der Waals surface area contributed by atoms with Gasteiger partial charge in [-0.05, 0) is 0 Å². The van der Waals surface area contributed by atoms with Gasteiger partial charge in [-0.2, -0.15) is 0 Å². The first-order valence-corrected chi connectivity index (χ1v) is 3.55. The smallest absolute Gasteiger partial charge is 0.111 e. The van der Waals surface area contributed by atoms with Gasteiger partial charge < -0.3 is 30.6 Å². The van der Waals surface area contributed by atoms with Crippen LogP contribution >= 0.6 is 12.4 Å². The van der Waals surface area contributed by atoms with Crippen LogP contribution in [0.25, 0.3) is 0 Å². The molecule has 0 atom stereocenters. The minimum absolute atomic E-state index is 0. The van der Waals surface area contributed by atoms with E-state index in [4.69, 9.17) is 30.6 Å². The summed E-state index contributed by atoms with van der Waals surface area (Å²) in [6.07, 6.45) is -9.84. The van der Waals surface area contributed by atoms with Crippen molar-refractivity contribution in [1.82, 2.24) is 0 Å². The molecule has 1 saturated carbocycles. The average Bonchev–Trinajstić information content (AvgIpc) is 2.08. The van der Waals surface area contributed by atoms with E-state index in [9.17, 15) is 0 Å². The molecular formula is C6H13ClO6. The zero-order chi connectivity index (χ0) is 9.46. The Kier molecular flexibility index (Phi) is 4.53. The monoisotopic (exact) mass is 216 g/mol. The van der Waals surface area contributed by atoms with Crippen molar-refractivity contribution in [3.05, 3.63) is 0 Å². The molecular weight excluding hydrogens is 204 g/mol. The van der Waals surface area contributed by atoms with Crippen LogP contribution in [-0.4, -0.2) is 67.3 Å². The van der Waals surface area contributed by atoms with E-state index in [0.717, 1.165) is 0 Å².